The maximum Gasteiger partial charge on any atom is 0.0521 e. The van der Waals surface area contributed by atoms with E-state index in [9.17, 15) is 0 Å². The second-order valence-electron chi connectivity index (χ2n) is 5.25. The number of aryl methyl sites for hydroxylation is 3. The van der Waals surface area contributed by atoms with Gasteiger partial charge in [0.05, 0.1) is 6.20 Å². The fourth-order valence-corrected chi connectivity index (χ4v) is 2.35. The first-order valence-corrected chi connectivity index (χ1v) is 6.31. The van der Waals surface area contributed by atoms with E-state index < -0.39 is 0 Å². The van der Waals surface area contributed by atoms with Crippen molar-refractivity contribution in [3.63, 3.8) is 0 Å². The van der Waals surface area contributed by atoms with Crippen molar-refractivity contribution in [1.29, 1.82) is 0 Å². The molecule has 2 rings (SSSR count). The molecule has 0 saturated heterocycles. The predicted molar refractivity (Wildman–Crippen MR) is 74.2 cm³/mol. The fourth-order valence-electron chi connectivity index (χ4n) is 2.35. The molecule has 0 spiro atoms. The topological polar surface area (TPSA) is 43.8 Å². The molecule has 96 valence electrons. The Bertz CT molecular complexity index is 526. The van der Waals surface area contributed by atoms with Crippen LogP contribution >= 0.6 is 0 Å². The van der Waals surface area contributed by atoms with Gasteiger partial charge in [0, 0.05) is 18.8 Å². The molecule has 1 aromatic heterocycles. The molecule has 1 unspecified atom stereocenters. The van der Waals surface area contributed by atoms with Crippen molar-refractivity contribution in [2.24, 2.45) is 12.8 Å². The first-order chi connectivity index (χ1) is 8.49. The normalized spacial score (nSPS) is 14.4. The van der Waals surface area contributed by atoms with E-state index in [1.165, 1.54) is 16.7 Å². The van der Waals surface area contributed by atoms with Crippen LogP contribution in [0, 0.1) is 6.92 Å². The second kappa shape index (κ2) is 4.94. The Labute approximate surface area is 109 Å². The molecule has 2 N–H and O–H groups in total. The summed E-state index contributed by atoms with van der Waals surface area (Å²) in [6.45, 7) is 4.22. The highest BCUT2D eigenvalue weighted by Crippen LogP contribution is 2.26. The Morgan fingerprint density at radius 3 is 2.67 bits per heavy atom. The van der Waals surface area contributed by atoms with Crippen molar-refractivity contribution in [3.05, 3.63) is 53.3 Å². The molecule has 1 heterocycles. The molecule has 3 heteroatoms. The summed E-state index contributed by atoms with van der Waals surface area (Å²) in [7, 11) is 1.94. The Kier molecular flexibility index (Phi) is 3.53. The molecule has 0 aliphatic rings. The molecular weight excluding hydrogens is 222 g/mol. The zero-order valence-corrected chi connectivity index (χ0v) is 11.4. The summed E-state index contributed by atoms with van der Waals surface area (Å²) in [5.74, 6) is 0. The minimum absolute atomic E-state index is 0.290. The lowest BCUT2D eigenvalue weighted by molar-refractivity contribution is 0.450. The average Bonchev–Trinajstić information content (AvgIpc) is 2.73. The minimum atomic E-state index is -0.290. The van der Waals surface area contributed by atoms with E-state index in [0.29, 0.717) is 0 Å². The number of hydrogen-bond acceptors (Lipinski definition) is 2. The lowest BCUT2D eigenvalue weighted by Gasteiger charge is -2.27. The molecule has 0 amide bonds. The van der Waals surface area contributed by atoms with Crippen molar-refractivity contribution >= 4 is 0 Å². The van der Waals surface area contributed by atoms with Gasteiger partial charge in [-0.05, 0) is 43.4 Å². The monoisotopic (exact) mass is 243 g/mol. The minimum Gasteiger partial charge on any atom is -0.322 e. The van der Waals surface area contributed by atoms with Crippen LogP contribution in [0.3, 0.4) is 0 Å². The molecule has 0 bridgehead atoms. The van der Waals surface area contributed by atoms with Gasteiger partial charge in [-0.2, -0.15) is 5.10 Å². The average molecular weight is 243 g/mol. The highest BCUT2D eigenvalue weighted by atomic mass is 15.2. The van der Waals surface area contributed by atoms with Crippen molar-refractivity contribution in [1.82, 2.24) is 9.78 Å². The van der Waals surface area contributed by atoms with E-state index in [1.54, 1.807) is 0 Å². The molecule has 3 nitrogen and oxygen atoms in total. The van der Waals surface area contributed by atoms with Gasteiger partial charge in [0.1, 0.15) is 0 Å². The Morgan fingerprint density at radius 1 is 1.33 bits per heavy atom. The van der Waals surface area contributed by atoms with Gasteiger partial charge >= 0.3 is 0 Å². The number of nitrogens with zero attached hydrogens (tertiary/aromatic N) is 2. The van der Waals surface area contributed by atoms with Gasteiger partial charge in [-0.3, -0.25) is 4.68 Å². The van der Waals surface area contributed by atoms with Crippen molar-refractivity contribution in [2.75, 3.05) is 0 Å². The zero-order valence-electron chi connectivity index (χ0n) is 11.4. The summed E-state index contributed by atoms with van der Waals surface area (Å²) >= 11 is 0. The molecule has 1 aromatic carbocycles. The number of rotatable bonds is 4. The van der Waals surface area contributed by atoms with Crippen LogP contribution in [-0.4, -0.2) is 9.78 Å². The van der Waals surface area contributed by atoms with Crippen LogP contribution in [0.2, 0.25) is 0 Å². The molecular formula is C15H21N3. The predicted octanol–water partition coefficient (Wildman–Crippen LogP) is 2.54. The third kappa shape index (κ3) is 2.79. The molecule has 0 aliphatic heterocycles. The molecule has 0 fully saturated rings. The maximum atomic E-state index is 6.47. The molecule has 0 aliphatic carbocycles. The van der Waals surface area contributed by atoms with Gasteiger partial charge in [-0.15, -0.1) is 0 Å². The largest absolute Gasteiger partial charge is 0.322 e. The lowest BCUT2D eigenvalue weighted by Crippen LogP contribution is -2.34. The van der Waals surface area contributed by atoms with Gasteiger partial charge in [0.2, 0.25) is 0 Å². The number of nitrogens with two attached hydrogens (primary N) is 1. The summed E-state index contributed by atoms with van der Waals surface area (Å²) in [5.41, 5.74) is 9.90. The molecule has 2 aromatic rings. The maximum absolute atomic E-state index is 6.47. The third-order valence-corrected chi connectivity index (χ3v) is 3.45. The number of aromatic nitrogens is 2. The molecule has 1 atom stereocenters. The van der Waals surface area contributed by atoms with Gasteiger partial charge in [-0.1, -0.05) is 24.3 Å². The number of benzene rings is 1. The zero-order chi connectivity index (χ0) is 13.2. The first kappa shape index (κ1) is 12.8. The summed E-state index contributed by atoms with van der Waals surface area (Å²) < 4.78 is 1.83. The molecule has 18 heavy (non-hydrogen) atoms. The van der Waals surface area contributed by atoms with Gasteiger partial charge in [0.15, 0.2) is 0 Å². The summed E-state index contributed by atoms with van der Waals surface area (Å²) in [5, 5.41) is 4.18. The van der Waals surface area contributed by atoms with Crippen molar-refractivity contribution in [3.8, 4) is 0 Å². The summed E-state index contributed by atoms with van der Waals surface area (Å²) in [4.78, 5) is 0. The third-order valence-electron chi connectivity index (χ3n) is 3.45. The van der Waals surface area contributed by atoms with Gasteiger partial charge < -0.3 is 5.73 Å². The number of hydrogen-bond donors (Lipinski definition) is 1. The fraction of sp³-hybridized carbons (Fsp3) is 0.400. The van der Waals surface area contributed by atoms with E-state index >= 15 is 0 Å². The highest BCUT2D eigenvalue weighted by Gasteiger charge is 2.22. The second-order valence-corrected chi connectivity index (χ2v) is 5.25. The summed E-state index contributed by atoms with van der Waals surface area (Å²) in [6, 6.07) is 8.34. The van der Waals surface area contributed by atoms with E-state index in [-0.39, 0.29) is 5.54 Å². The SMILES string of the molecule is Cc1ccccc1C(C)(N)CCc1cnn(C)c1. The lowest BCUT2D eigenvalue weighted by atomic mass is 9.85. The highest BCUT2D eigenvalue weighted by molar-refractivity contribution is 5.32. The van der Waals surface area contributed by atoms with E-state index in [0.717, 1.165) is 12.8 Å². The summed E-state index contributed by atoms with van der Waals surface area (Å²) in [6.07, 6.45) is 5.83. The van der Waals surface area contributed by atoms with Crippen LogP contribution < -0.4 is 5.73 Å². The van der Waals surface area contributed by atoms with Crippen molar-refractivity contribution < 1.29 is 0 Å². The van der Waals surface area contributed by atoms with Gasteiger partial charge in [-0.25, -0.2) is 0 Å². The van der Waals surface area contributed by atoms with Crippen LogP contribution in [-0.2, 0) is 19.0 Å². The first-order valence-electron chi connectivity index (χ1n) is 6.31. The van der Waals surface area contributed by atoms with Crippen LogP contribution in [0.25, 0.3) is 0 Å². The van der Waals surface area contributed by atoms with Crippen LogP contribution in [0.4, 0.5) is 0 Å². The quantitative estimate of drug-likeness (QED) is 0.896. The van der Waals surface area contributed by atoms with E-state index in [1.807, 2.05) is 24.1 Å². The Morgan fingerprint density at radius 2 is 2.06 bits per heavy atom. The van der Waals surface area contributed by atoms with E-state index in [4.69, 9.17) is 5.73 Å². The van der Waals surface area contributed by atoms with Crippen LogP contribution in [0.15, 0.2) is 36.7 Å². The Hall–Kier alpha value is -1.61. The smallest absolute Gasteiger partial charge is 0.0521 e. The van der Waals surface area contributed by atoms with Crippen molar-refractivity contribution in [2.45, 2.75) is 32.2 Å². The van der Waals surface area contributed by atoms with Crippen LogP contribution in [0.5, 0.6) is 0 Å². The molecule has 0 radical (unpaired) electrons. The Balaban J connectivity index is 2.10. The standard InChI is InChI=1S/C15H21N3/c1-12-6-4-5-7-14(12)15(2,16)9-8-13-10-17-18(3)11-13/h4-7,10-11H,8-9,16H2,1-3H3. The van der Waals surface area contributed by atoms with Gasteiger partial charge in [0.25, 0.3) is 0 Å². The van der Waals surface area contributed by atoms with E-state index in [2.05, 4.69) is 43.2 Å². The van der Waals surface area contributed by atoms with Crippen LogP contribution in [0.1, 0.15) is 30.0 Å². The molecule has 0 saturated carbocycles.